The van der Waals surface area contributed by atoms with Gasteiger partial charge in [0.25, 0.3) is 0 Å². The highest BCUT2D eigenvalue weighted by molar-refractivity contribution is 6.26. The third-order valence-electron chi connectivity index (χ3n) is 11.2. The quantitative estimate of drug-likeness (QED) is 0.280. The first kappa shape index (κ1) is 24.9. The number of rotatable bonds is 7. The molecule has 0 spiro atoms. The van der Waals surface area contributed by atoms with Crippen LogP contribution in [0.3, 0.4) is 0 Å². The number of ether oxygens (including phenoxy) is 1. The summed E-state index contributed by atoms with van der Waals surface area (Å²) in [6.07, 6.45) is 16.3. The first-order valence-electron chi connectivity index (χ1n) is 13.9. The van der Waals surface area contributed by atoms with E-state index in [0.29, 0.717) is 10.8 Å². The lowest BCUT2D eigenvalue weighted by atomic mass is 9.44. The van der Waals surface area contributed by atoms with Gasteiger partial charge in [0.05, 0.1) is 0 Å². The molecular formula is C29H49ClO2. The minimum absolute atomic E-state index is 0.0134. The van der Waals surface area contributed by atoms with Gasteiger partial charge in [-0.15, -0.1) is 11.6 Å². The summed E-state index contributed by atoms with van der Waals surface area (Å²) in [6, 6.07) is 0. The molecule has 4 aliphatic rings. The zero-order valence-electron chi connectivity index (χ0n) is 21.5. The lowest BCUT2D eigenvalue weighted by molar-refractivity contribution is -0.160. The lowest BCUT2D eigenvalue weighted by Crippen LogP contribution is -2.54. The predicted molar refractivity (Wildman–Crippen MR) is 134 cm³/mol. The van der Waals surface area contributed by atoms with E-state index in [-0.39, 0.29) is 18.0 Å². The second kappa shape index (κ2) is 9.79. The Hall–Kier alpha value is -0.240. The van der Waals surface area contributed by atoms with E-state index in [0.717, 1.165) is 54.3 Å². The van der Waals surface area contributed by atoms with Gasteiger partial charge in [-0.1, -0.05) is 53.9 Å². The van der Waals surface area contributed by atoms with Gasteiger partial charge in [0, 0.05) is 0 Å². The zero-order chi connectivity index (χ0) is 23.1. The maximum absolute atomic E-state index is 11.7. The minimum Gasteiger partial charge on any atom is -0.461 e. The normalized spacial score (nSPS) is 44.5. The Morgan fingerprint density at radius 1 is 0.938 bits per heavy atom. The first-order valence-corrected chi connectivity index (χ1v) is 14.5. The third kappa shape index (κ3) is 4.52. The van der Waals surface area contributed by atoms with Crippen LogP contribution >= 0.6 is 11.6 Å². The van der Waals surface area contributed by atoms with Crippen molar-refractivity contribution in [2.24, 2.45) is 52.3 Å². The van der Waals surface area contributed by atoms with Gasteiger partial charge in [0.2, 0.25) is 0 Å². The van der Waals surface area contributed by atoms with E-state index in [1.54, 1.807) is 0 Å². The van der Waals surface area contributed by atoms with Gasteiger partial charge in [-0.05, 0) is 110 Å². The highest BCUT2D eigenvalue weighted by Crippen LogP contribution is 2.68. The van der Waals surface area contributed by atoms with Crippen molar-refractivity contribution in [3.8, 4) is 0 Å². The smallest absolute Gasteiger partial charge is 0.321 e. The Kier molecular flexibility index (Phi) is 7.61. The molecule has 0 heterocycles. The van der Waals surface area contributed by atoms with Crippen molar-refractivity contribution in [3.63, 3.8) is 0 Å². The van der Waals surface area contributed by atoms with Crippen LogP contribution in [0.25, 0.3) is 0 Å². The summed E-state index contributed by atoms with van der Waals surface area (Å²) in [4.78, 5) is 11.7. The number of esters is 1. The summed E-state index contributed by atoms with van der Waals surface area (Å²) >= 11 is 5.69. The molecule has 0 N–H and O–H groups in total. The Bertz CT molecular complexity index is 662. The van der Waals surface area contributed by atoms with Gasteiger partial charge < -0.3 is 4.74 Å². The number of carbonyl (C=O) groups excluding carboxylic acids is 1. The van der Waals surface area contributed by atoms with Crippen LogP contribution in [0.1, 0.15) is 112 Å². The van der Waals surface area contributed by atoms with Crippen LogP contribution in [0.2, 0.25) is 0 Å². The van der Waals surface area contributed by atoms with Crippen molar-refractivity contribution in [3.05, 3.63) is 0 Å². The number of hydrogen-bond acceptors (Lipinski definition) is 2. The molecule has 0 aliphatic heterocycles. The number of hydrogen-bond donors (Lipinski definition) is 0. The maximum atomic E-state index is 11.7. The van der Waals surface area contributed by atoms with Gasteiger partial charge >= 0.3 is 5.97 Å². The predicted octanol–water partition coefficient (Wildman–Crippen LogP) is 8.26. The molecule has 0 radical (unpaired) electrons. The van der Waals surface area contributed by atoms with Gasteiger partial charge in [0.15, 0.2) is 0 Å². The van der Waals surface area contributed by atoms with Crippen LogP contribution in [0, 0.1) is 52.3 Å². The van der Waals surface area contributed by atoms with E-state index in [4.69, 9.17) is 16.3 Å². The van der Waals surface area contributed by atoms with Gasteiger partial charge in [-0.3, -0.25) is 4.79 Å². The van der Waals surface area contributed by atoms with Gasteiger partial charge in [-0.2, -0.15) is 0 Å². The van der Waals surface area contributed by atoms with Crippen molar-refractivity contribution in [1.82, 2.24) is 0 Å². The van der Waals surface area contributed by atoms with E-state index < -0.39 is 0 Å². The van der Waals surface area contributed by atoms with Gasteiger partial charge in [-0.25, -0.2) is 0 Å². The highest BCUT2D eigenvalue weighted by atomic mass is 35.5. The molecule has 0 bridgehead atoms. The number of carbonyl (C=O) groups is 1. The first-order chi connectivity index (χ1) is 15.2. The molecule has 4 rings (SSSR count). The number of alkyl halides is 1. The average molecular weight is 465 g/mol. The molecule has 4 fully saturated rings. The monoisotopic (exact) mass is 464 g/mol. The van der Waals surface area contributed by atoms with Crippen LogP contribution in [0.4, 0.5) is 0 Å². The third-order valence-corrected chi connectivity index (χ3v) is 11.4. The molecule has 0 aromatic rings. The second-order valence-electron chi connectivity index (χ2n) is 13.2. The fraction of sp³-hybridized carbons (Fsp3) is 0.966. The fourth-order valence-corrected chi connectivity index (χ4v) is 9.63. The fourth-order valence-electron chi connectivity index (χ4n) is 9.57. The highest BCUT2D eigenvalue weighted by Gasteiger charge is 2.60. The van der Waals surface area contributed by atoms with E-state index in [2.05, 4.69) is 34.6 Å². The molecule has 9 atom stereocenters. The molecule has 0 saturated heterocycles. The van der Waals surface area contributed by atoms with E-state index >= 15 is 0 Å². The summed E-state index contributed by atoms with van der Waals surface area (Å²) < 4.78 is 5.67. The molecule has 2 nitrogen and oxygen atoms in total. The summed E-state index contributed by atoms with van der Waals surface area (Å²) in [6.45, 7) is 12.6. The van der Waals surface area contributed by atoms with Crippen LogP contribution in [0.15, 0.2) is 0 Å². The standard InChI is InChI=1S/C29H49ClO2/c1-19(2)7-6-8-20(3)24-11-12-25-23-10-9-21-17-22(32-27(31)18-30)13-15-28(21,4)26(23)14-16-29(24,25)5/h19-26H,6-18H2,1-5H3/t20-,21+,22-,23+,24-,25+,26+,28+,29-/m1/s1. The van der Waals surface area contributed by atoms with Crippen LogP contribution in [-0.4, -0.2) is 18.0 Å². The van der Waals surface area contributed by atoms with E-state index in [1.165, 1.54) is 64.2 Å². The van der Waals surface area contributed by atoms with Gasteiger partial charge in [0.1, 0.15) is 12.0 Å². The Morgan fingerprint density at radius 3 is 2.38 bits per heavy atom. The molecule has 0 unspecified atom stereocenters. The van der Waals surface area contributed by atoms with Crippen LogP contribution < -0.4 is 0 Å². The molecular weight excluding hydrogens is 416 g/mol. The van der Waals surface area contributed by atoms with Crippen molar-refractivity contribution < 1.29 is 9.53 Å². The number of fused-ring (bicyclic) bond motifs is 5. The summed E-state index contributed by atoms with van der Waals surface area (Å²) in [5.74, 6) is 5.92. The van der Waals surface area contributed by atoms with Crippen LogP contribution in [0.5, 0.6) is 0 Å². The molecule has 0 aromatic carbocycles. The zero-order valence-corrected chi connectivity index (χ0v) is 22.3. The van der Waals surface area contributed by atoms with E-state index in [1.807, 2.05) is 0 Å². The molecule has 32 heavy (non-hydrogen) atoms. The Balaban J connectivity index is 1.42. The lowest BCUT2D eigenvalue weighted by Gasteiger charge is -2.61. The molecule has 3 heteroatoms. The van der Waals surface area contributed by atoms with Crippen molar-refractivity contribution in [1.29, 1.82) is 0 Å². The van der Waals surface area contributed by atoms with E-state index in [9.17, 15) is 4.79 Å². The largest absolute Gasteiger partial charge is 0.461 e. The average Bonchev–Trinajstić information content (AvgIpc) is 3.11. The summed E-state index contributed by atoms with van der Waals surface area (Å²) in [5.41, 5.74) is 1.03. The topological polar surface area (TPSA) is 26.3 Å². The van der Waals surface area contributed by atoms with Crippen molar-refractivity contribution in [2.75, 3.05) is 5.88 Å². The minimum atomic E-state index is -0.234. The SMILES string of the molecule is CC(C)CCC[C@@H](C)[C@H]1CC[C@H]2[C@@H]3CC[C@H]4C[C@H](OC(=O)CCl)CC[C@]4(C)[C@H]3CC[C@]12C. The van der Waals surface area contributed by atoms with Crippen molar-refractivity contribution >= 4 is 17.6 Å². The molecule has 4 aliphatic carbocycles. The Labute approximate surface area is 203 Å². The maximum Gasteiger partial charge on any atom is 0.321 e. The number of halogens is 1. The molecule has 0 amide bonds. The van der Waals surface area contributed by atoms with Crippen molar-refractivity contribution in [2.45, 2.75) is 118 Å². The summed E-state index contributed by atoms with van der Waals surface area (Å²) in [7, 11) is 0. The summed E-state index contributed by atoms with van der Waals surface area (Å²) in [5, 5.41) is 0. The Morgan fingerprint density at radius 2 is 1.66 bits per heavy atom. The van der Waals surface area contributed by atoms with Crippen LogP contribution in [-0.2, 0) is 9.53 Å². The molecule has 4 saturated carbocycles. The molecule has 0 aromatic heterocycles. The molecule has 184 valence electrons. The second-order valence-corrected chi connectivity index (χ2v) is 13.5.